The third-order valence-corrected chi connectivity index (χ3v) is 3.65. The van der Waals surface area contributed by atoms with Gasteiger partial charge in [-0.3, -0.25) is 4.99 Å². The summed E-state index contributed by atoms with van der Waals surface area (Å²) in [6, 6.07) is 25.4. The molecule has 0 fully saturated rings. The van der Waals surface area contributed by atoms with E-state index >= 15 is 0 Å². The van der Waals surface area contributed by atoms with Crippen LogP contribution in [0.25, 0.3) is 0 Å². The van der Waals surface area contributed by atoms with Gasteiger partial charge in [-0.1, -0.05) is 54.1 Å². The van der Waals surface area contributed by atoms with Crippen LogP contribution in [0.15, 0.2) is 83.9 Å². The molecule has 0 N–H and O–H groups in total. The van der Waals surface area contributed by atoms with Crippen molar-refractivity contribution < 1.29 is 4.74 Å². The summed E-state index contributed by atoms with van der Waals surface area (Å²) in [4.78, 5) is 4.40. The number of halogens is 1. The Kier molecular flexibility index (Phi) is 5.07. The van der Waals surface area contributed by atoms with Gasteiger partial charge in [0.25, 0.3) is 0 Å². The maximum Gasteiger partial charge on any atom is 0.119 e. The number of hydrogen-bond donors (Lipinski definition) is 0. The van der Waals surface area contributed by atoms with Gasteiger partial charge in [0.15, 0.2) is 0 Å². The monoisotopic (exact) mass is 321 g/mol. The molecule has 0 bridgehead atoms. The summed E-state index contributed by atoms with van der Waals surface area (Å²) < 4.78 is 5.76. The van der Waals surface area contributed by atoms with E-state index in [2.05, 4.69) is 4.99 Å². The maximum atomic E-state index is 6.08. The molecule has 0 unspecified atom stereocenters. The lowest BCUT2D eigenvalue weighted by atomic mass is 10.2. The number of ether oxygens (including phenoxy) is 1. The Hall–Kier alpha value is -2.58. The van der Waals surface area contributed by atoms with Gasteiger partial charge in [-0.2, -0.15) is 0 Å². The van der Waals surface area contributed by atoms with Crippen LogP contribution < -0.4 is 4.74 Å². The number of para-hydroxylation sites is 1. The molecule has 3 rings (SSSR count). The molecule has 0 aromatic heterocycles. The summed E-state index contributed by atoms with van der Waals surface area (Å²) in [6.45, 7) is 0.563. The lowest BCUT2D eigenvalue weighted by molar-refractivity contribution is 0.306. The standard InChI is InChI=1S/C20H16ClNO/c21-19-8-4-5-9-20(19)22-14-16-10-12-18(13-11-16)23-15-17-6-2-1-3-7-17/h1-14H,15H2/b22-14+. The first-order valence-electron chi connectivity index (χ1n) is 7.37. The van der Waals surface area contributed by atoms with Gasteiger partial charge < -0.3 is 4.74 Å². The fourth-order valence-electron chi connectivity index (χ4n) is 2.09. The van der Waals surface area contributed by atoms with Gasteiger partial charge in [0.1, 0.15) is 12.4 Å². The molecule has 0 atom stereocenters. The van der Waals surface area contributed by atoms with Gasteiger partial charge in [0.2, 0.25) is 0 Å². The van der Waals surface area contributed by atoms with Crippen molar-refractivity contribution in [2.75, 3.05) is 0 Å². The molecular weight excluding hydrogens is 306 g/mol. The molecule has 23 heavy (non-hydrogen) atoms. The normalized spacial score (nSPS) is 10.8. The molecule has 0 heterocycles. The second-order valence-corrected chi connectivity index (χ2v) is 5.46. The van der Waals surface area contributed by atoms with Gasteiger partial charge in [-0.05, 0) is 47.5 Å². The van der Waals surface area contributed by atoms with Gasteiger partial charge >= 0.3 is 0 Å². The molecule has 0 aliphatic rings. The van der Waals surface area contributed by atoms with Crippen molar-refractivity contribution in [3.05, 3.63) is 95.0 Å². The minimum atomic E-state index is 0.563. The summed E-state index contributed by atoms with van der Waals surface area (Å²) in [6.07, 6.45) is 1.79. The second kappa shape index (κ2) is 7.61. The van der Waals surface area contributed by atoms with Crippen LogP contribution in [-0.2, 0) is 6.61 Å². The van der Waals surface area contributed by atoms with Crippen molar-refractivity contribution in [3.8, 4) is 5.75 Å². The third kappa shape index (κ3) is 4.44. The average Bonchev–Trinajstić information content (AvgIpc) is 2.61. The summed E-state index contributed by atoms with van der Waals surface area (Å²) in [5.41, 5.74) is 2.91. The molecule has 0 saturated heterocycles. The summed E-state index contributed by atoms with van der Waals surface area (Å²) in [5, 5.41) is 0.645. The molecule has 0 spiro atoms. The molecule has 3 aromatic carbocycles. The van der Waals surface area contributed by atoms with E-state index in [1.165, 1.54) is 0 Å². The van der Waals surface area contributed by atoms with Gasteiger partial charge in [-0.15, -0.1) is 0 Å². The van der Waals surface area contributed by atoms with Crippen LogP contribution in [0.4, 0.5) is 5.69 Å². The zero-order chi connectivity index (χ0) is 15.9. The fourth-order valence-corrected chi connectivity index (χ4v) is 2.28. The lowest BCUT2D eigenvalue weighted by Gasteiger charge is -2.06. The fraction of sp³-hybridized carbons (Fsp3) is 0.0500. The van der Waals surface area contributed by atoms with Crippen LogP contribution in [0, 0.1) is 0 Å². The Balaban J connectivity index is 1.62. The molecule has 0 aliphatic carbocycles. The van der Waals surface area contributed by atoms with Gasteiger partial charge in [0, 0.05) is 6.21 Å². The quantitative estimate of drug-likeness (QED) is 0.555. The Morgan fingerprint density at radius 1 is 0.826 bits per heavy atom. The molecule has 2 nitrogen and oxygen atoms in total. The molecule has 0 amide bonds. The molecule has 3 aromatic rings. The molecule has 114 valence electrons. The average molecular weight is 322 g/mol. The first-order valence-corrected chi connectivity index (χ1v) is 7.74. The first-order chi connectivity index (χ1) is 11.3. The van der Waals surface area contributed by atoms with E-state index in [9.17, 15) is 0 Å². The molecule has 3 heteroatoms. The van der Waals surface area contributed by atoms with E-state index in [0.29, 0.717) is 11.6 Å². The summed E-state index contributed by atoms with van der Waals surface area (Å²) in [7, 11) is 0. The third-order valence-electron chi connectivity index (χ3n) is 3.33. The van der Waals surface area contributed by atoms with Crippen molar-refractivity contribution in [1.29, 1.82) is 0 Å². The van der Waals surface area contributed by atoms with Crippen molar-refractivity contribution >= 4 is 23.5 Å². The topological polar surface area (TPSA) is 21.6 Å². The van der Waals surface area contributed by atoms with E-state index in [-0.39, 0.29) is 0 Å². The predicted octanol–water partition coefficient (Wildman–Crippen LogP) is 5.67. The van der Waals surface area contributed by atoms with Crippen molar-refractivity contribution in [2.45, 2.75) is 6.61 Å². The van der Waals surface area contributed by atoms with E-state index in [0.717, 1.165) is 22.6 Å². The van der Waals surface area contributed by atoms with Crippen molar-refractivity contribution in [2.24, 2.45) is 4.99 Å². The number of aliphatic imine (C=N–C) groups is 1. The summed E-state index contributed by atoms with van der Waals surface area (Å²) >= 11 is 6.08. The lowest BCUT2D eigenvalue weighted by Crippen LogP contribution is -1.94. The van der Waals surface area contributed by atoms with Gasteiger partial charge in [0.05, 0.1) is 10.7 Å². The van der Waals surface area contributed by atoms with Crippen LogP contribution in [0.2, 0.25) is 5.02 Å². The Labute approximate surface area is 141 Å². The van der Waals surface area contributed by atoms with Gasteiger partial charge in [-0.25, -0.2) is 0 Å². The predicted molar refractivity (Wildman–Crippen MR) is 95.9 cm³/mol. The van der Waals surface area contributed by atoms with E-state index in [1.807, 2.05) is 78.9 Å². The van der Waals surface area contributed by atoms with Crippen LogP contribution in [0.1, 0.15) is 11.1 Å². The Morgan fingerprint density at radius 2 is 1.52 bits per heavy atom. The highest BCUT2D eigenvalue weighted by Crippen LogP contribution is 2.23. The first kappa shape index (κ1) is 15.3. The zero-order valence-corrected chi connectivity index (χ0v) is 13.3. The van der Waals surface area contributed by atoms with Crippen LogP contribution in [0.5, 0.6) is 5.75 Å². The van der Waals surface area contributed by atoms with Crippen molar-refractivity contribution in [1.82, 2.24) is 0 Å². The number of hydrogen-bond acceptors (Lipinski definition) is 2. The molecule has 0 aliphatic heterocycles. The van der Waals surface area contributed by atoms with E-state index in [4.69, 9.17) is 16.3 Å². The largest absolute Gasteiger partial charge is 0.489 e. The highest BCUT2D eigenvalue weighted by atomic mass is 35.5. The smallest absolute Gasteiger partial charge is 0.119 e. The minimum absolute atomic E-state index is 0.563. The molecule has 0 radical (unpaired) electrons. The zero-order valence-electron chi connectivity index (χ0n) is 12.5. The minimum Gasteiger partial charge on any atom is -0.489 e. The maximum absolute atomic E-state index is 6.08. The van der Waals surface area contributed by atoms with E-state index in [1.54, 1.807) is 6.21 Å². The number of benzene rings is 3. The van der Waals surface area contributed by atoms with E-state index < -0.39 is 0 Å². The number of nitrogens with zero attached hydrogens (tertiary/aromatic N) is 1. The van der Waals surface area contributed by atoms with Crippen LogP contribution >= 0.6 is 11.6 Å². The van der Waals surface area contributed by atoms with Crippen molar-refractivity contribution in [3.63, 3.8) is 0 Å². The SMILES string of the molecule is Clc1ccccc1/N=C/c1ccc(OCc2ccccc2)cc1. The Morgan fingerprint density at radius 3 is 2.26 bits per heavy atom. The molecule has 0 saturated carbocycles. The van der Waals surface area contributed by atoms with Crippen LogP contribution in [-0.4, -0.2) is 6.21 Å². The van der Waals surface area contributed by atoms with Crippen LogP contribution in [0.3, 0.4) is 0 Å². The highest BCUT2D eigenvalue weighted by molar-refractivity contribution is 6.33. The number of rotatable bonds is 5. The Bertz CT molecular complexity index is 782. The molecular formula is C20H16ClNO. The summed E-state index contributed by atoms with van der Waals surface area (Å²) in [5.74, 6) is 0.837. The highest BCUT2D eigenvalue weighted by Gasteiger charge is 1.97. The second-order valence-electron chi connectivity index (χ2n) is 5.05.